The maximum Gasteiger partial charge on any atom is 0.229 e. The van der Waals surface area contributed by atoms with Crippen LogP contribution >= 0.6 is 11.3 Å². The monoisotopic (exact) mass is 347 g/mol. The molecule has 128 valence electrons. The van der Waals surface area contributed by atoms with Crippen molar-refractivity contribution < 1.29 is 9.18 Å². The SMILES string of the molecule is CC(Cc1ccccc1F)C(=O)Nc1ncc(C2CCNCC2)s1. The van der Waals surface area contributed by atoms with Gasteiger partial charge in [0, 0.05) is 17.0 Å². The summed E-state index contributed by atoms with van der Waals surface area (Å²) in [4.78, 5) is 17.9. The van der Waals surface area contributed by atoms with Crippen molar-refractivity contribution in [2.24, 2.45) is 5.92 Å². The lowest BCUT2D eigenvalue weighted by atomic mass is 9.97. The number of hydrogen-bond donors (Lipinski definition) is 2. The quantitative estimate of drug-likeness (QED) is 0.869. The van der Waals surface area contributed by atoms with E-state index in [1.807, 2.05) is 13.1 Å². The van der Waals surface area contributed by atoms with Crippen molar-refractivity contribution in [3.8, 4) is 0 Å². The minimum absolute atomic E-state index is 0.121. The molecule has 2 N–H and O–H groups in total. The molecule has 1 amide bonds. The van der Waals surface area contributed by atoms with E-state index >= 15 is 0 Å². The van der Waals surface area contributed by atoms with E-state index in [0.717, 1.165) is 25.9 Å². The summed E-state index contributed by atoms with van der Waals surface area (Å²) in [7, 11) is 0. The zero-order chi connectivity index (χ0) is 16.9. The number of carbonyl (C=O) groups is 1. The summed E-state index contributed by atoms with van der Waals surface area (Å²) < 4.78 is 13.7. The van der Waals surface area contributed by atoms with Crippen LogP contribution in [0.1, 0.15) is 36.1 Å². The van der Waals surface area contributed by atoms with E-state index in [-0.39, 0.29) is 17.6 Å². The highest BCUT2D eigenvalue weighted by molar-refractivity contribution is 7.15. The molecule has 1 saturated heterocycles. The van der Waals surface area contributed by atoms with Gasteiger partial charge in [0.15, 0.2) is 5.13 Å². The van der Waals surface area contributed by atoms with Crippen LogP contribution in [0.15, 0.2) is 30.5 Å². The molecule has 0 aliphatic carbocycles. The fraction of sp³-hybridized carbons (Fsp3) is 0.444. The first-order chi connectivity index (χ1) is 11.6. The van der Waals surface area contributed by atoms with Gasteiger partial charge in [0.25, 0.3) is 0 Å². The fourth-order valence-electron chi connectivity index (χ4n) is 2.95. The molecule has 1 unspecified atom stereocenters. The van der Waals surface area contributed by atoms with Gasteiger partial charge in [0.05, 0.1) is 0 Å². The van der Waals surface area contributed by atoms with Crippen LogP contribution in [0, 0.1) is 11.7 Å². The van der Waals surface area contributed by atoms with Crippen LogP contribution in [0.5, 0.6) is 0 Å². The Morgan fingerprint density at radius 1 is 1.42 bits per heavy atom. The molecule has 0 radical (unpaired) electrons. The van der Waals surface area contributed by atoms with Gasteiger partial charge >= 0.3 is 0 Å². The number of nitrogens with one attached hydrogen (secondary N) is 2. The minimum Gasteiger partial charge on any atom is -0.317 e. The number of carbonyl (C=O) groups excluding carboxylic acids is 1. The molecule has 2 aromatic rings. The smallest absolute Gasteiger partial charge is 0.229 e. The van der Waals surface area contributed by atoms with Gasteiger partial charge in [-0.25, -0.2) is 9.37 Å². The molecular weight excluding hydrogens is 325 g/mol. The van der Waals surface area contributed by atoms with Crippen molar-refractivity contribution >= 4 is 22.4 Å². The average molecular weight is 347 g/mol. The standard InChI is InChI=1S/C18H22FN3OS/c1-12(10-14-4-2-3-5-15(14)19)17(23)22-18-21-11-16(24-18)13-6-8-20-9-7-13/h2-5,11-13,20H,6-10H2,1H3,(H,21,22,23). The Balaban J connectivity index is 1.58. The van der Waals surface area contributed by atoms with Gasteiger partial charge in [-0.15, -0.1) is 11.3 Å². The summed E-state index contributed by atoms with van der Waals surface area (Å²) in [5.41, 5.74) is 0.565. The van der Waals surface area contributed by atoms with Crippen LogP contribution < -0.4 is 10.6 Å². The van der Waals surface area contributed by atoms with E-state index in [1.54, 1.807) is 29.5 Å². The number of anilines is 1. The van der Waals surface area contributed by atoms with E-state index in [4.69, 9.17) is 0 Å². The normalized spacial score (nSPS) is 16.8. The summed E-state index contributed by atoms with van der Waals surface area (Å²) in [6.07, 6.45) is 4.47. The molecule has 0 spiro atoms. The first kappa shape index (κ1) is 17.0. The van der Waals surface area contributed by atoms with Gasteiger partial charge < -0.3 is 10.6 Å². The number of amides is 1. The van der Waals surface area contributed by atoms with Crippen molar-refractivity contribution in [3.63, 3.8) is 0 Å². The Morgan fingerprint density at radius 2 is 2.17 bits per heavy atom. The molecule has 1 aromatic heterocycles. The second-order valence-electron chi connectivity index (χ2n) is 6.28. The summed E-state index contributed by atoms with van der Waals surface area (Å²) in [5, 5.41) is 6.85. The summed E-state index contributed by atoms with van der Waals surface area (Å²) in [6.45, 7) is 3.87. The second-order valence-corrected chi connectivity index (χ2v) is 7.34. The van der Waals surface area contributed by atoms with Crippen LogP contribution in [0.4, 0.5) is 9.52 Å². The van der Waals surface area contributed by atoms with Gasteiger partial charge in [-0.1, -0.05) is 25.1 Å². The van der Waals surface area contributed by atoms with E-state index in [1.165, 1.54) is 10.9 Å². The third-order valence-electron chi connectivity index (χ3n) is 4.43. The van der Waals surface area contributed by atoms with E-state index in [2.05, 4.69) is 15.6 Å². The highest BCUT2D eigenvalue weighted by Crippen LogP contribution is 2.31. The van der Waals surface area contributed by atoms with Crippen molar-refractivity contribution in [1.82, 2.24) is 10.3 Å². The third-order valence-corrected chi connectivity index (χ3v) is 5.50. The largest absolute Gasteiger partial charge is 0.317 e. The van der Waals surface area contributed by atoms with Crippen molar-refractivity contribution in [3.05, 3.63) is 46.7 Å². The van der Waals surface area contributed by atoms with Gasteiger partial charge in [-0.05, 0) is 49.9 Å². The molecule has 3 rings (SSSR count). The summed E-state index contributed by atoms with van der Waals surface area (Å²) >= 11 is 1.55. The molecular formula is C18H22FN3OS. The highest BCUT2D eigenvalue weighted by atomic mass is 32.1. The zero-order valence-corrected chi connectivity index (χ0v) is 14.5. The molecule has 0 saturated carbocycles. The Bertz CT molecular complexity index is 697. The van der Waals surface area contributed by atoms with E-state index in [0.29, 0.717) is 23.0 Å². The summed E-state index contributed by atoms with van der Waals surface area (Å²) in [6, 6.07) is 6.58. The molecule has 4 nitrogen and oxygen atoms in total. The zero-order valence-electron chi connectivity index (χ0n) is 13.7. The fourth-order valence-corrected chi connectivity index (χ4v) is 3.94. The average Bonchev–Trinajstić information content (AvgIpc) is 3.06. The third kappa shape index (κ3) is 4.19. The number of halogens is 1. The topological polar surface area (TPSA) is 54.0 Å². The number of piperidine rings is 1. The Morgan fingerprint density at radius 3 is 2.92 bits per heavy atom. The number of hydrogen-bond acceptors (Lipinski definition) is 4. The number of aromatic nitrogens is 1. The van der Waals surface area contributed by atoms with Crippen molar-refractivity contribution in [2.75, 3.05) is 18.4 Å². The van der Waals surface area contributed by atoms with Gasteiger partial charge in [-0.2, -0.15) is 0 Å². The molecule has 1 aromatic carbocycles. The second kappa shape index (κ2) is 7.85. The van der Waals surface area contributed by atoms with Crippen LogP contribution in [-0.4, -0.2) is 24.0 Å². The highest BCUT2D eigenvalue weighted by Gasteiger charge is 2.20. The number of benzene rings is 1. The Hall–Kier alpha value is -1.79. The van der Waals surface area contributed by atoms with E-state index < -0.39 is 0 Å². The molecule has 1 aliphatic rings. The lowest BCUT2D eigenvalue weighted by Crippen LogP contribution is -2.26. The van der Waals surface area contributed by atoms with Crippen LogP contribution in [0.2, 0.25) is 0 Å². The number of nitrogens with zero attached hydrogens (tertiary/aromatic N) is 1. The van der Waals surface area contributed by atoms with Crippen LogP contribution in [0.3, 0.4) is 0 Å². The molecule has 24 heavy (non-hydrogen) atoms. The van der Waals surface area contributed by atoms with Gasteiger partial charge in [-0.3, -0.25) is 4.79 Å². The number of rotatable bonds is 5. The molecule has 1 atom stereocenters. The predicted molar refractivity (Wildman–Crippen MR) is 94.9 cm³/mol. The maximum absolute atomic E-state index is 13.7. The molecule has 1 aliphatic heterocycles. The Labute approximate surface area is 145 Å². The van der Waals surface area contributed by atoms with Crippen molar-refractivity contribution in [2.45, 2.75) is 32.1 Å². The minimum atomic E-state index is -0.312. The first-order valence-electron chi connectivity index (χ1n) is 8.34. The summed E-state index contributed by atoms with van der Waals surface area (Å²) in [5.74, 6) is -0.164. The van der Waals surface area contributed by atoms with Gasteiger partial charge in [0.2, 0.25) is 5.91 Å². The van der Waals surface area contributed by atoms with Crippen molar-refractivity contribution in [1.29, 1.82) is 0 Å². The maximum atomic E-state index is 13.7. The lowest BCUT2D eigenvalue weighted by molar-refractivity contribution is -0.119. The van der Waals surface area contributed by atoms with Gasteiger partial charge in [0.1, 0.15) is 5.82 Å². The molecule has 6 heteroatoms. The van der Waals surface area contributed by atoms with E-state index in [9.17, 15) is 9.18 Å². The first-order valence-corrected chi connectivity index (χ1v) is 9.16. The lowest BCUT2D eigenvalue weighted by Gasteiger charge is -2.20. The molecule has 1 fully saturated rings. The predicted octanol–water partition coefficient (Wildman–Crippen LogP) is 3.57. The molecule has 0 bridgehead atoms. The Kier molecular flexibility index (Phi) is 5.58. The molecule has 2 heterocycles. The number of thiazole rings is 1. The van der Waals surface area contributed by atoms with Crippen LogP contribution in [0.25, 0.3) is 0 Å². The van der Waals surface area contributed by atoms with Crippen LogP contribution in [-0.2, 0) is 11.2 Å².